The minimum atomic E-state index is -0.554. The predicted octanol–water partition coefficient (Wildman–Crippen LogP) is 2.40. The van der Waals surface area contributed by atoms with Crippen molar-refractivity contribution >= 4 is 0 Å². The maximum absolute atomic E-state index is 10.0. The molecule has 2 rings (SSSR count). The third kappa shape index (κ3) is 3.80. The van der Waals surface area contributed by atoms with Crippen molar-refractivity contribution in [2.24, 2.45) is 5.73 Å². The van der Waals surface area contributed by atoms with E-state index in [9.17, 15) is 5.11 Å². The highest BCUT2D eigenvalue weighted by Crippen LogP contribution is 2.21. The van der Waals surface area contributed by atoms with Crippen LogP contribution in [-0.2, 0) is 4.74 Å². The van der Waals surface area contributed by atoms with Crippen LogP contribution in [-0.4, -0.2) is 23.9 Å². The molecule has 3 atom stereocenters. The maximum atomic E-state index is 10.0. The monoisotopic (exact) mass is 249 g/mol. The summed E-state index contributed by atoms with van der Waals surface area (Å²) >= 11 is 0. The molecule has 100 valence electrons. The molecule has 3 N–H and O–H groups in total. The molecule has 0 bridgehead atoms. The summed E-state index contributed by atoms with van der Waals surface area (Å²) in [6.07, 6.45) is 5.22. The minimum absolute atomic E-state index is 0.103. The Kier molecular flexibility index (Phi) is 5.17. The first-order valence-electron chi connectivity index (χ1n) is 6.87. The van der Waals surface area contributed by atoms with Crippen LogP contribution in [0.15, 0.2) is 30.3 Å². The average molecular weight is 249 g/mol. The molecule has 3 heteroatoms. The molecular weight excluding hydrogens is 226 g/mol. The van der Waals surface area contributed by atoms with Gasteiger partial charge in [-0.05, 0) is 18.4 Å². The first kappa shape index (κ1) is 13.5. The van der Waals surface area contributed by atoms with Gasteiger partial charge >= 0.3 is 0 Å². The summed E-state index contributed by atoms with van der Waals surface area (Å²) in [5.41, 5.74) is 7.00. The number of aliphatic hydroxyl groups is 1. The molecule has 0 amide bonds. The fourth-order valence-corrected chi connectivity index (χ4v) is 2.50. The number of aliphatic hydroxyl groups excluding tert-OH is 1. The van der Waals surface area contributed by atoms with Crippen LogP contribution >= 0.6 is 0 Å². The Labute approximate surface area is 109 Å². The molecule has 0 aromatic heterocycles. The van der Waals surface area contributed by atoms with E-state index in [-0.39, 0.29) is 12.1 Å². The number of nitrogens with two attached hydrogens (primary N) is 1. The van der Waals surface area contributed by atoms with Gasteiger partial charge in [0.25, 0.3) is 0 Å². The van der Waals surface area contributed by atoms with Crippen LogP contribution in [0.1, 0.15) is 43.8 Å². The predicted molar refractivity (Wildman–Crippen MR) is 72.2 cm³/mol. The molecule has 3 nitrogen and oxygen atoms in total. The Morgan fingerprint density at radius 1 is 1.17 bits per heavy atom. The van der Waals surface area contributed by atoms with Crippen molar-refractivity contribution < 1.29 is 9.84 Å². The van der Waals surface area contributed by atoms with Crippen LogP contribution in [0.5, 0.6) is 0 Å². The lowest BCUT2D eigenvalue weighted by atomic mass is 10.1. The third-order valence-electron chi connectivity index (χ3n) is 3.66. The highest BCUT2D eigenvalue weighted by molar-refractivity contribution is 5.17. The van der Waals surface area contributed by atoms with Gasteiger partial charge in [-0.15, -0.1) is 0 Å². The van der Waals surface area contributed by atoms with E-state index in [1.54, 1.807) is 0 Å². The molecule has 1 aliphatic carbocycles. The molecule has 1 fully saturated rings. The number of benzene rings is 1. The molecule has 0 saturated heterocycles. The molecular formula is C15H23NO2. The number of hydrogen-bond acceptors (Lipinski definition) is 3. The normalized spacial score (nSPS) is 26.6. The van der Waals surface area contributed by atoms with Crippen molar-refractivity contribution in [1.82, 2.24) is 0 Å². The highest BCUT2D eigenvalue weighted by Gasteiger charge is 2.22. The second kappa shape index (κ2) is 6.88. The van der Waals surface area contributed by atoms with Crippen molar-refractivity contribution in [3.8, 4) is 0 Å². The fourth-order valence-electron chi connectivity index (χ4n) is 2.50. The molecule has 1 aliphatic rings. The zero-order valence-corrected chi connectivity index (χ0v) is 10.8. The average Bonchev–Trinajstić information content (AvgIpc) is 2.62. The fraction of sp³-hybridized carbons (Fsp3) is 0.600. The summed E-state index contributed by atoms with van der Waals surface area (Å²) < 4.78 is 5.82. The molecule has 0 heterocycles. The van der Waals surface area contributed by atoms with E-state index in [1.165, 1.54) is 19.3 Å². The van der Waals surface area contributed by atoms with Gasteiger partial charge in [0.15, 0.2) is 0 Å². The van der Waals surface area contributed by atoms with E-state index < -0.39 is 6.10 Å². The van der Waals surface area contributed by atoms with E-state index in [1.807, 2.05) is 30.3 Å². The van der Waals surface area contributed by atoms with Crippen LogP contribution in [0.3, 0.4) is 0 Å². The maximum Gasteiger partial charge on any atom is 0.102 e. The number of rotatable bonds is 4. The Bertz CT molecular complexity index is 342. The standard InChI is InChI=1S/C15H23NO2/c16-13-9-5-2-6-10-15(13)18-11-14(17)12-7-3-1-4-8-12/h1,3-4,7-8,13-15,17H,2,5-6,9-11,16H2. The van der Waals surface area contributed by atoms with Crippen LogP contribution in [0.4, 0.5) is 0 Å². The molecule has 1 aromatic carbocycles. The van der Waals surface area contributed by atoms with Gasteiger partial charge in [-0.1, -0.05) is 49.6 Å². The van der Waals surface area contributed by atoms with E-state index in [0.29, 0.717) is 6.61 Å². The molecule has 18 heavy (non-hydrogen) atoms. The number of ether oxygens (including phenoxy) is 1. The summed E-state index contributed by atoms with van der Waals surface area (Å²) in [5.74, 6) is 0. The zero-order chi connectivity index (χ0) is 12.8. The topological polar surface area (TPSA) is 55.5 Å². The van der Waals surface area contributed by atoms with Crippen molar-refractivity contribution in [2.75, 3.05) is 6.61 Å². The molecule has 1 saturated carbocycles. The van der Waals surface area contributed by atoms with E-state index in [4.69, 9.17) is 10.5 Å². The molecule has 0 spiro atoms. The second-order valence-corrected chi connectivity index (χ2v) is 5.10. The quantitative estimate of drug-likeness (QED) is 0.806. The Hall–Kier alpha value is -0.900. The summed E-state index contributed by atoms with van der Waals surface area (Å²) in [5, 5.41) is 10.0. The zero-order valence-electron chi connectivity index (χ0n) is 10.8. The van der Waals surface area contributed by atoms with Gasteiger partial charge in [-0.25, -0.2) is 0 Å². The van der Waals surface area contributed by atoms with Crippen LogP contribution in [0, 0.1) is 0 Å². The lowest BCUT2D eigenvalue weighted by molar-refractivity contribution is -0.0231. The largest absolute Gasteiger partial charge is 0.386 e. The smallest absolute Gasteiger partial charge is 0.102 e. The van der Waals surface area contributed by atoms with Crippen molar-refractivity contribution in [3.05, 3.63) is 35.9 Å². The van der Waals surface area contributed by atoms with Crippen molar-refractivity contribution in [1.29, 1.82) is 0 Å². The van der Waals surface area contributed by atoms with Gasteiger partial charge < -0.3 is 15.6 Å². The van der Waals surface area contributed by atoms with Gasteiger partial charge in [0.05, 0.1) is 12.7 Å². The van der Waals surface area contributed by atoms with Crippen LogP contribution in [0.2, 0.25) is 0 Å². The van der Waals surface area contributed by atoms with E-state index in [2.05, 4.69) is 0 Å². The van der Waals surface area contributed by atoms with E-state index >= 15 is 0 Å². The Morgan fingerprint density at radius 2 is 1.89 bits per heavy atom. The van der Waals surface area contributed by atoms with Gasteiger partial charge in [-0.3, -0.25) is 0 Å². The van der Waals surface area contributed by atoms with E-state index in [0.717, 1.165) is 18.4 Å². The van der Waals surface area contributed by atoms with Crippen molar-refractivity contribution in [2.45, 2.75) is 50.4 Å². The molecule has 0 aliphatic heterocycles. The third-order valence-corrected chi connectivity index (χ3v) is 3.66. The lowest BCUT2D eigenvalue weighted by Gasteiger charge is -2.23. The first-order valence-corrected chi connectivity index (χ1v) is 6.87. The highest BCUT2D eigenvalue weighted by atomic mass is 16.5. The minimum Gasteiger partial charge on any atom is -0.386 e. The lowest BCUT2D eigenvalue weighted by Crippen LogP contribution is -2.36. The molecule has 0 radical (unpaired) electrons. The van der Waals surface area contributed by atoms with Gasteiger partial charge in [0.2, 0.25) is 0 Å². The van der Waals surface area contributed by atoms with Crippen LogP contribution in [0.25, 0.3) is 0 Å². The Morgan fingerprint density at radius 3 is 2.67 bits per heavy atom. The number of hydrogen-bond donors (Lipinski definition) is 2. The van der Waals surface area contributed by atoms with Gasteiger partial charge in [0, 0.05) is 6.04 Å². The summed E-state index contributed by atoms with van der Waals surface area (Å²) in [7, 11) is 0. The Balaban J connectivity index is 1.83. The summed E-state index contributed by atoms with van der Waals surface area (Å²) in [6.45, 7) is 0.336. The molecule has 3 unspecified atom stereocenters. The van der Waals surface area contributed by atoms with Gasteiger partial charge in [0.1, 0.15) is 6.10 Å². The molecule has 1 aromatic rings. The van der Waals surface area contributed by atoms with Crippen molar-refractivity contribution in [3.63, 3.8) is 0 Å². The summed E-state index contributed by atoms with van der Waals surface area (Å²) in [6, 6.07) is 9.75. The second-order valence-electron chi connectivity index (χ2n) is 5.10. The SMILES string of the molecule is NC1CCCCCC1OCC(O)c1ccccc1. The van der Waals surface area contributed by atoms with Gasteiger partial charge in [-0.2, -0.15) is 0 Å². The first-order chi connectivity index (χ1) is 8.77. The van der Waals surface area contributed by atoms with Crippen LogP contribution < -0.4 is 5.73 Å². The summed E-state index contributed by atoms with van der Waals surface area (Å²) in [4.78, 5) is 0.